The summed E-state index contributed by atoms with van der Waals surface area (Å²) in [5.74, 6) is 0. The van der Waals surface area contributed by atoms with Crippen molar-refractivity contribution in [2.45, 2.75) is 18.2 Å². The van der Waals surface area contributed by atoms with E-state index in [0.29, 0.717) is 6.42 Å². The third-order valence-electron chi connectivity index (χ3n) is 2.39. The Morgan fingerprint density at radius 1 is 1.47 bits per heavy atom. The second-order valence-electron chi connectivity index (χ2n) is 3.76. The zero-order valence-corrected chi connectivity index (χ0v) is 10.7. The number of hydrogen-bond acceptors (Lipinski definition) is 4. The van der Waals surface area contributed by atoms with Crippen molar-refractivity contribution >= 4 is 32.5 Å². The predicted molar refractivity (Wildman–Crippen MR) is 68.3 cm³/mol. The molecule has 0 N–H and O–H groups in total. The normalized spacial score (nSPS) is 12.6. The minimum absolute atomic E-state index is 0.0655. The van der Waals surface area contributed by atoms with Crippen LogP contribution >= 0.6 is 15.9 Å². The van der Waals surface area contributed by atoms with Crippen molar-refractivity contribution in [2.75, 3.05) is 0 Å². The maximum Gasteiger partial charge on any atom is 0.270 e. The Bertz CT molecular complexity index is 572. The molecule has 0 aliphatic rings. The first kappa shape index (κ1) is 11.9. The van der Waals surface area contributed by atoms with Gasteiger partial charge < -0.3 is 0 Å². The van der Waals surface area contributed by atoms with Gasteiger partial charge in [-0.3, -0.25) is 10.1 Å². The fraction of sp³-hybridized carbons (Fsp3) is 0.273. The fourth-order valence-electron chi connectivity index (χ4n) is 1.64. The number of rotatable bonds is 3. The van der Waals surface area contributed by atoms with Gasteiger partial charge in [0.15, 0.2) is 0 Å². The number of fused-ring (bicyclic) bond motifs is 1. The van der Waals surface area contributed by atoms with Gasteiger partial charge >= 0.3 is 0 Å². The Morgan fingerprint density at radius 2 is 2.24 bits per heavy atom. The van der Waals surface area contributed by atoms with E-state index in [9.17, 15) is 10.1 Å². The van der Waals surface area contributed by atoms with Crippen LogP contribution in [0.2, 0.25) is 0 Å². The number of benzene rings is 1. The lowest BCUT2D eigenvalue weighted by atomic mass is 10.1. The second kappa shape index (κ2) is 4.75. The number of nitro groups is 1. The molecule has 0 spiro atoms. The summed E-state index contributed by atoms with van der Waals surface area (Å²) < 4.78 is 0. The van der Waals surface area contributed by atoms with Crippen molar-refractivity contribution in [3.63, 3.8) is 0 Å². The van der Waals surface area contributed by atoms with Crippen LogP contribution in [-0.4, -0.2) is 19.7 Å². The third-order valence-corrected chi connectivity index (χ3v) is 2.71. The Hall–Kier alpha value is -1.56. The molecule has 0 saturated carbocycles. The van der Waals surface area contributed by atoms with Crippen molar-refractivity contribution in [1.29, 1.82) is 0 Å². The molecule has 1 heterocycles. The molecule has 0 radical (unpaired) electrons. The van der Waals surface area contributed by atoms with Crippen molar-refractivity contribution in [3.8, 4) is 0 Å². The highest BCUT2D eigenvalue weighted by Gasteiger charge is 2.11. The van der Waals surface area contributed by atoms with E-state index in [-0.39, 0.29) is 10.5 Å². The van der Waals surface area contributed by atoms with Crippen LogP contribution in [0.3, 0.4) is 0 Å². The first-order valence-electron chi connectivity index (χ1n) is 5.10. The van der Waals surface area contributed by atoms with E-state index in [4.69, 9.17) is 0 Å². The highest BCUT2D eigenvalue weighted by molar-refractivity contribution is 9.09. The second-order valence-corrected chi connectivity index (χ2v) is 5.33. The lowest BCUT2D eigenvalue weighted by Gasteiger charge is -2.06. The van der Waals surface area contributed by atoms with Crippen LogP contribution in [-0.2, 0) is 6.42 Å². The Labute approximate surface area is 106 Å². The van der Waals surface area contributed by atoms with Crippen LogP contribution in [0.25, 0.3) is 10.9 Å². The lowest BCUT2D eigenvalue weighted by molar-refractivity contribution is -0.384. The summed E-state index contributed by atoms with van der Waals surface area (Å²) in [5.41, 5.74) is 1.62. The average molecular weight is 296 g/mol. The predicted octanol–water partition coefficient (Wildman–Crippen LogP) is 2.86. The van der Waals surface area contributed by atoms with Gasteiger partial charge in [0.25, 0.3) is 5.69 Å². The van der Waals surface area contributed by atoms with Crippen molar-refractivity contribution in [1.82, 2.24) is 9.97 Å². The standard InChI is InChI=1S/C11H10BrN3O2/c1-7(12)4-11-9-5-8(15(16)17)2-3-10(9)13-6-14-11/h2-3,5-7H,4H2,1H3. The van der Waals surface area contributed by atoms with Gasteiger partial charge in [-0.25, -0.2) is 9.97 Å². The van der Waals surface area contributed by atoms with Gasteiger partial charge in [-0.15, -0.1) is 0 Å². The summed E-state index contributed by atoms with van der Waals surface area (Å²) in [6, 6.07) is 4.63. The molecule has 1 aromatic heterocycles. The maximum absolute atomic E-state index is 10.7. The molecule has 2 rings (SSSR count). The Balaban J connectivity index is 2.59. The number of nitrogens with zero attached hydrogens (tertiary/aromatic N) is 3. The van der Waals surface area contributed by atoms with Gasteiger partial charge in [-0.2, -0.15) is 0 Å². The number of halogens is 1. The maximum atomic E-state index is 10.7. The summed E-state index contributed by atoms with van der Waals surface area (Å²) in [7, 11) is 0. The summed E-state index contributed by atoms with van der Waals surface area (Å²) >= 11 is 3.45. The minimum atomic E-state index is -0.409. The van der Waals surface area contributed by atoms with Crippen molar-refractivity contribution in [2.24, 2.45) is 0 Å². The fourth-order valence-corrected chi connectivity index (χ4v) is 1.95. The number of non-ortho nitro benzene ring substituents is 1. The Kier molecular flexibility index (Phi) is 3.33. The van der Waals surface area contributed by atoms with Gasteiger partial charge in [-0.05, 0) is 6.07 Å². The molecule has 0 bridgehead atoms. The van der Waals surface area contributed by atoms with Crippen molar-refractivity contribution in [3.05, 3.63) is 40.3 Å². The van der Waals surface area contributed by atoms with Gasteiger partial charge in [-0.1, -0.05) is 22.9 Å². The van der Waals surface area contributed by atoms with Gasteiger partial charge in [0, 0.05) is 28.8 Å². The highest BCUT2D eigenvalue weighted by Crippen LogP contribution is 2.22. The molecular weight excluding hydrogens is 286 g/mol. The molecule has 1 aromatic carbocycles. The molecule has 0 aliphatic carbocycles. The molecule has 0 saturated heterocycles. The van der Waals surface area contributed by atoms with E-state index in [1.807, 2.05) is 6.92 Å². The van der Waals surface area contributed by atoms with Crippen LogP contribution < -0.4 is 0 Å². The van der Waals surface area contributed by atoms with Gasteiger partial charge in [0.2, 0.25) is 0 Å². The Morgan fingerprint density at radius 3 is 2.88 bits per heavy atom. The zero-order chi connectivity index (χ0) is 12.4. The summed E-state index contributed by atoms with van der Waals surface area (Å²) in [4.78, 5) is 18.9. The lowest BCUT2D eigenvalue weighted by Crippen LogP contribution is -2.01. The number of aromatic nitrogens is 2. The van der Waals surface area contributed by atoms with E-state index >= 15 is 0 Å². The minimum Gasteiger partial charge on any atom is -0.258 e. The van der Waals surface area contributed by atoms with Gasteiger partial charge in [0.05, 0.1) is 16.1 Å². The number of hydrogen-bond donors (Lipinski definition) is 0. The molecule has 1 unspecified atom stereocenters. The summed E-state index contributed by atoms with van der Waals surface area (Å²) in [5, 5.41) is 11.5. The van der Waals surface area contributed by atoms with Gasteiger partial charge in [0.1, 0.15) is 6.33 Å². The van der Waals surface area contributed by atoms with Crippen LogP contribution in [0.5, 0.6) is 0 Å². The van der Waals surface area contributed by atoms with E-state index in [1.165, 1.54) is 18.5 Å². The molecule has 1 atom stereocenters. The highest BCUT2D eigenvalue weighted by atomic mass is 79.9. The first-order chi connectivity index (χ1) is 8.08. The molecule has 0 aliphatic heterocycles. The molecule has 0 fully saturated rings. The summed E-state index contributed by atoms with van der Waals surface area (Å²) in [6.45, 7) is 2.01. The topological polar surface area (TPSA) is 68.9 Å². The molecule has 2 aromatic rings. The molecule has 6 heteroatoms. The molecule has 88 valence electrons. The molecule has 0 amide bonds. The number of nitro benzene ring substituents is 1. The van der Waals surface area contributed by atoms with Crippen LogP contribution in [0.15, 0.2) is 24.5 Å². The largest absolute Gasteiger partial charge is 0.270 e. The zero-order valence-electron chi connectivity index (χ0n) is 9.13. The van der Waals surface area contributed by atoms with E-state index < -0.39 is 4.92 Å². The van der Waals surface area contributed by atoms with Crippen LogP contribution in [0.1, 0.15) is 12.6 Å². The van der Waals surface area contributed by atoms with Crippen LogP contribution in [0, 0.1) is 10.1 Å². The summed E-state index contributed by atoms with van der Waals surface area (Å²) in [6.07, 6.45) is 2.19. The quantitative estimate of drug-likeness (QED) is 0.496. The number of alkyl halides is 1. The first-order valence-corrected chi connectivity index (χ1v) is 6.01. The monoisotopic (exact) mass is 295 g/mol. The molecular formula is C11H10BrN3O2. The van der Waals surface area contributed by atoms with E-state index in [1.54, 1.807) is 6.07 Å². The van der Waals surface area contributed by atoms with Crippen LogP contribution in [0.4, 0.5) is 5.69 Å². The van der Waals surface area contributed by atoms with E-state index in [0.717, 1.165) is 16.6 Å². The molecule has 5 nitrogen and oxygen atoms in total. The molecule has 17 heavy (non-hydrogen) atoms. The van der Waals surface area contributed by atoms with Crippen molar-refractivity contribution < 1.29 is 4.92 Å². The third kappa shape index (κ3) is 2.58. The SMILES string of the molecule is CC(Br)Cc1ncnc2ccc([N+](=O)[O-])cc12. The average Bonchev–Trinajstić information content (AvgIpc) is 2.28. The smallest absolute Gasteiger partial charge is 0.258 e. The van der Waals surface area contributed by atoms with E-state index in [2.05, 4.69) is 25.9 Å².